The van der Waals surface area contributed by atoms with Gasteiger partial charge in [-0.15, -0.1) is 0 Å². The van der Waals surface area contributed by atoms with Gasteiger partial charge in [-0.2, -0.15) is 21.6 Å². The smallest absolute Gasteiger partial charge is 0.279 e. The van der Waals surface area contributed by atoms with E-state index in [4.69, 9.17) is 22.0 Å². The zero-order valence-corrected chi connectivity index (χ0v) is 11.3. The number of hydrogen-bond acceptors (Lipinski definition) is 5. The third-order valence-electron chi connectivity index (χ3n) is 1.12. The van der Waals surface area contributed by atoms with Crippen LogP contribution in [0.25, 0.3) is 0 Å². The second-order valence-corrected chi connectivity index (χ2v) is 6.47. The van der Waals surface area contributed by atoms with E-state index in [1.807, 2.05) is 13.8 Å². The molecule has 0 heterocycles. The molecule has 0 amide bonds. The second kappa shape index (κ2) is 7.45. The molecular formula is C6H16F3O6PS. The van der Waals surface area contributed by atoms with Crippen molar-refractivity contribution in [2.75, 3.05) is 19.9 Å². The molecule has 17 heavy (non-hydrogen) atoms. The average Bonchev–Trinajstić information content (AvgIpc) is 2.00. The minimum absolute atomic E-state index is 0.513. The van der Waals surface area contributed by atoms with Crippen molar-refractivity contribution >= 4 is 18.1 Å². The van der Waals surface area contributed by atoms with E-state index in [9.17, 15) is 18.1 Å². The van der Waals surface area contributed by atoms with Crippen molar-refractivity contribution in [3.63, 3.8) is 0 Å². The Balaban J connectivity index is 0. The topological polar surface area (TPSA) is 93.1 Å². The average molecular weight is 304 g/mol. The molecule has 6 nitrogen and oxygen atoms in total. The monoisotopic (exact) mass is 304 g/mol. The summed E-state index contributed by atoms with van der Waals surface area (Å²) in [4.78, 5) is 9.21. The molecule has 108 valence electrons. The van der Waals surface area contributed by atoms with Crippen molar-refractivity contribution in [3.05, 3.63) is 0 Å². The first-order valence-electron chi connectivity index (χ1n) is 4.41. The van der Waals surface area contributed by atoms with Crippen LogP contribution in [0.4, 0.5) is 13.2 Å². The maximum absolute atomic E-state index is 10.7. The molecule has 0 aromatic heterocycles. The van der Waals surface area contributed by atoms with Crippen LogP contribution in [0.3, 0.4) is 0 Å². The molecule has 0 unspecified atom stereocenters. The molecule has 0 fully saturated rings. The summed E-state index contributed by atoms with van der Waals surface area (Å²) < 4.78 is 67.4. The molecule has 0 bridgehead atoms. The van der Waals surface area contributed by atoms with Gasteiger partial charge in [-0.3, -0.25) is 4.55 Å². The quantitative estimate of drug-likeness (QED) is 0.465. The van der Waals surface area contributed by atoms with Gasteiger partial charge in [-0.25, -0.2) is 0 Å². The van der Waals surface area contributed by atoms with E-state index in [1.54, 1.807) is 6.66 Å². The summed E-state index contributed by atoms with van der Waals surface area (Å²) in [7, 11) is -8.54. The Morgan fingerprint density at radius 1 is 1.18 bits per heavy atom. The Labute approximate surface area is 98.1 Å². The molecule has 2 N–H and O–H groups in total. The molecule has 0 saturated carbocycles. The van der Waals surface area contributed by atoms with E-state index in [0.29, 0.717) is 13.2 Å². The van der Waals surface area contributed by atoms with Gasteiger partial charge in [0.15, 0.2) is 0 Å². The molecule has 0 aliphatic heterocycles. The molecule has 0 atom stereocenters. The molecule has 0 saturated heterocycles. The summed E-state index contributed by atoms with van der Waals surface area (Å²) in [5, 5.41) is 0. The van der Waals surface area contributed by atoms with Gasteiger partial charge in [0, 0.05) is 0 Å². The van der Waals surface area contributed by atoms with Gasteiger partial charge in [0.2, 0.25) is 0 Å². The molecule has 0 spiro atoms. The zero-order valence-electron chi connectivity index (χ0n) is 9.48. The fourth-order valence-corrected chi connectivity index (χ4v) is 1.73. The van der Waals surface area contributed by atoms with E-state index in [2.05, 4.69) is 0 Å². The van der Waals surface area contributed by atoms with Crippen LogP contribution in [0.15, 0.2) is 0 Å². The van der Waals surface area contributed by atoms with Gasteiger partial charge in [-0.05, 0) is 0 Å². The molecule has 0 aromatic rings. The molecular weight excluding hydrogens is 288 g/mol. The third-order valence-corrected chi connectivity index (χ3v) is 3.35. The van der Waals surface area contributed by atoms with Crippen molar-refractivity contribution < 1.29 is 40.1 Å². The first kappa shape index (κ1) is 19.4. The van der Waals surface area contributed by atoms with Gasteiger partial charge >= 0.3 is 71.2 Å². The van der Waals surface area contributed by atoms with E-state index in [1.165, 1.54) is 0 Å². The zero-order chi connectivity index (χ0) is 14.3. The van der Waals surface area contributed by atoms with Gasteiger partial charge in [0.25, 0.3) is 0 Å². The minimum atomic E-state index is -5.84. The summed E-state index contributed by atoms with van der Waals surface area (Å²) >= 11 is 0. The molecule has 0 aliphatic carbocycles. The number of alkyl halides is 3. The van der Waals surface area contributed by atoms with E-state index >= 15 is 0 Å². The van der Waals surface area contributed by atoms with Crippen LogP contribution in [0.5, 0.6) is 0 Å². The maximum Gasteiger partial charge on any atom is 0.522 e. The summed E-state index contributed by atoms with van der Waals surface area (Å²) in [6.45, 7) is 6.30. The Bertz CT molecular complexity index is 293. The minimum Gasteiger partial charge on any atom is -0.279 e. The number of hydrogen-bond donors (Lipinski definition) is 2. The van der Waals surface area contributed by atoms with Crippen LogP contribution in [0, 0.1) is 0 Å². The van der Waals surface area contributed by atoms with Crippen molar-refractivity contribution in [3.8, 4) is 0 Å². The van der Waals surface area contributed by atoms with E-state index in [-0.39, 0.29) is 0 Å². The summed E-state index contributed by atoms with van der Waals surface area (Å²) in [6.07, 6.45) is 0. The molecule has 0 radical (unpaired) electrons. The van der Waals surface area contributed by atoms with Gasteiger partial charge in [-0.1, -0.05) is 0 Å². The Morgan fingerprint density at radius 2 is 1.41 bits per heavy atom. The Hall–Kier alpha value is 0.01000. The summed E-state index contributed by atoms with van der Waals surface area (Å²) in [5.74, 6) is 0. The summed E-state index contributed by atoms with van der Waals surface area (Å²) in [6, 6.07) is 0. The fraction of sp³-hybridized carbons (Fsp3) is 1.00. The van der Waals surface area contributed by atoms with Crippen LogP contribution < -0.4 is 0 Å². The summed E-state index contributed by atoms with van der Waals surface area (Å²) in [5.41, 5.74) is -5.53. The largest absolute Gasteiger partial charge is 0.522 e. The van der Waals surface area contributed by atoms with Crippen molar-refractivity contribution in [1.82, 2.24) is 0 Å². The normalized spacial score (nSPS) is 13.9. The SMILES string of the molecule is CCO[PH](C)(O)OCC.O=S(=O)(O)C(F)(F)F. The number of rotatable bonds is 4. The molecule has 0 aromatic carbocycles. The van der Waals surface area contributed by atoms with Crippen LogP contribution in [0.2, 0.25) is 0 Å². The Kier molecular flexibility index (Phi) is 8.48. The van der Waals surface area contributed by atoms with Crippen LogP contribution in [-0.4, -0.2) is 43.3 Å². The second-order valence-electron chi connectivity index (χ2n) is 2.68. The maximum atomic E-state index is 10.7. The van der Waals surface area contributed by atoms with Crippen molar-refractivity contribution in [1.29, 1.82) is 0 Å². The first-order valence-corrected chi connectivity index (χ1v) is 8.11. The van der Waals surface area contributed by atoms with Gasteiger partial charge in [0.1, 0.15) is 0 Å². The van der Waals surface area contributed by atoms with Gasteiger partial charge in [0.05, 0.1) is 0 Å². The van der Waals surface area contributed by atoms with Crippen LogP contribution in [0.1, 0.15) is 13.8 Å². The predicted octanol–water partition coefficient (Wildman–Crippen LogP) is 1.57. The predicted molar refractivity (Wildman–Crippen MR) is 57.3 cm³/mol. The van der Waals surface area contributed by atoms with E-state index < -0.39 is 23.6 Å². The van der Waals surface area contributed by atoms with Crippen molar-refractivity contribution in [2.45, 2.75) is 19.4 Å². The Morgan fingerprint density at radius 3 is 1.53 bits per heavy atom. The van der Waals surface area contributed by atoms with Gasteiger partial charge < -0.3 is 0 Å². The first-order chi connectivity index (χ1) is 7.37. The van der Waals surface area contributed by atoms with Crippen LogP contribution >= 0.6 is 7.94 Å². The molecule has 11 heteroatoms. The number of halogens is 3. The molecule has 0 rings (SSSR count). The third kappa shape index (κ3) is 10.9. The van der Waals surface area contributed by atoms with Crippen LogP contribution in [-0.2, 0) is 19.2 Å². The standard InChI is InChI=1S/C5H15O3P.CHF3O3S/c1-4-7-9(3,6)8-5-2;2-1(3,4)8(5,6)7/h6,9H,4-5H2,1-3H3;(H,5,6,7). The van der Waals surface area contributed by atoms with Crippen molar-refractivity contribution in [2.24, 2.45) is 0 Å². The van der Waals surface area contributed by atoms with E-state index in [0.717, 1.165) is 0 Å². The molecule has 0 aliphatic rings. The fourth-order valence-electron chi connectivity index (χ4n) is 0.577.